The summed E-state index contributed by atoms with van der Waals surface area (Å²) in [7, 11) is 1.41. The quantitative estimate of drug-likeness (QED) is 0.777. The van der Waals surface area contributed by atoms with E-state index in [0.717, 1.165) is 5.56 Å². The number of nitrogens with zero attached hydrogens (tertiary/aromatic N) is 1. The molecule has 0 atom stereocenters. The lowest BCUT2D eigenvalue weighted by molar-refractivity contribution is 0.0986. The third kappa shape index (κ3) is 2.53. The van der Waals surface area contributed by atoms with Crippen molar-refractivity contribution < 1.29 is 13.9 Å². The number of pyridine rings is 1. The van der Waals surface area contributed by atoms with Gasteiger partial charge in [-0.2, -0.15) is 0 Å². The Labute approximate surface area is 104 Å². The van der Waals surface area contributed by atoms with Crippen LogP contribution in [0.1, 0.15) is 15.9 Å². The number of carbonyl (C=O) groups excluding carboxylic acids is 1. The summed E-state index contributed by atoms with van der Waals surface area (Å²) in [6.45, 7) is 0. The van der Waals surface area contributed by atoms with Crippen LogP contribution in [-0.4, -0.2) is 17.9 Å². The number of ketones is 1. The summed E-state index contributed by atoms with van der Waals surface area (Å²) in [5.41, 5.74) is 0.789. The van der Waals surface area contributed by atoms with Crippen LogP contribution in [0.3, 0.4) is 0 Å². The van der Waals surface area contributed by atoms with Crippen LogP contribution in [0.5, 0.6) is 5.75 Å². The lowest BCUT2D eigenvalue weighted by Crippen LogP contribution is -2.08. The Balaban J connectivity index is 2.29. The minimum atomic E-state index is -0.562. The van der Waals surface area contributed by atoms with Gasteiger partial charge in [-0.15, -0.1) is 0 Å². The molecule has 0 aliphatic carbocycles. The summed E-state index contributed by atoms with van der Waals surface area (Å²) < 4.78 is 18.7. The molecule has 1 aromatic heterocycles. The highest BCUT2D eigenvalue weighted by molar-refractivity contribution is 6.00. The number of rotatable bonds is 4. The van der Waals surface area contributed by atoms with E-state index in [1.807, 2.05) is 0 Å². The van der Waals surface area contributed by atoms with Crippen LogP contribution in [0, 0.1) is 5.82 Å². The van der Waals surface area contributed by atoms with Crippen LogP contribution in [0.25, 0.3) is 0 Å². The predicted octanol–water partition coefficient (Wildman–Crippen LogP) is 2.65. The highest BCUT2D eigenvalue weighted by Gasteiger charge is 2.17. The average molecular weight is 245 g/mol. The highest BCUT2D eigenvalue weighted by Crippen LogP contribution is 2.22. The van der Waals surface area contributed by atoms with Crippen LogP contribution < -0.4 is 4.74 Å². The summed E-state index contributed by atoms with van der Waals surface area (Å²) in [6.07, 6.45) is 3.32. The van der Waals surface area contributed by atoms with E-state index in [0.29, 0.717) is 0 Å². The standard InChI is InChI=1S/C14H12FNO2/c1-18-13-4-2-3-11(15)14(13)12(17)9-10-5-7-16-8-6-10/h2-8H,9H2,1H3. The van der Waals surface area contributed by atoms with Gasteiger partial charge in [0.2, 0.25) is 0 Å². The molecule has 2 aromatic rings. The number of methoxy groups -OCH3 is 1. The molecule has 0 saturated heterocycles. The predicted molar refractivity (Wildman–Crippen MR) is 65.2 cm³/mol. The van der Waals surface area contributed by atoms with Crippen molar-refractivity contribution in [2.75, 3.05) is 7.11 Å². The smallest absolute Gasteiger partial charge is 0.173 e. The molecule has 0 fully saturated rings. The fourth-order valence-corrected chi connectivity index (χ4v) is 1.72. The third-order valence-corrected chi connectivity index (χ3v) is 2.59. The van der Waals surface area contributed by atoms with Gasteiger partial charge < -0.3 is 4.74 Å². The molecule has 0 unspecified atom stereocenters. The van der Waals surface area contributed by atoms with Gasteiger partial charge in [-0.05, 0) is 29.8 Å². The van der Waals surface area contributed by atoms with Crippen molar-refractivity contribution in [1.82, 2.24) is 4.98 Å². The van der Waals surface area contributed by atoms with Crippen molar-refractivity contribution in [2.45, 2.75) is 6.42 Å². The Hall–Kier alpha value is -2.23. The molecule has 0 amide bonds. The molecular weight excluding hydrogens is 233 g/mol. The maximum atomic E-state index is 13.7. The fraction of sp³-hybridized carbons (Fsp3) is 0.143. The Bertz CT molecular complexity index is 555. The molecule has 92 valence electrons. The van der Waals surface area contributed by atoms with Crippen molar-refractivity contribution >= 4 is 5.78 Å². The summed E-state index contributed by atoms with van der Waals surface area (Å²) in [4.78, 5) is 15.9. The molecule has 0 aliphatic rings. The molecule has 0 radical (unpaired) electrons. The molecule has 4 heteroatoms. The first-order valence-corrected chi connectivity index (χ1v) is 5.47. The Morgan fingerprint density at radius 1 is 1.28 bits per heavy atom. The lowest BCUT2D eigenvalue weighted by Gasteiger charge is -2.08. The van der Waals surface area contributed by atoms with Crippen LogP contribution in [0.4, 0.5) is 4.39 Å². The Morgan fingerprint density at radius 2 is 2.00 bits per heavy atom. The summed E-state index contributed by atoms with van der Waals surface area (Å²) in [6, 6.07) is 7.79. The number of hydrogen-bond donors (Lipinski definition) is 0. The zero-order chi connectivity index (χ0) is 13.0. The number of ether oxygens (including phenoxy) is 1. The Kier molecular flexibility index (Phi) is 3.67. The molecule has 0 spiro atoms. The first-order valence-electron chi connectivity index (χ1n) is 5.47. The maximum Gasteiger partial charge on any atom is 0.173 e. The topological polar surface area (TPSA) is 39.2 Å². The van der Waals surface area contributed by atoms with Crippen molar-refractivity contribution in [3.63, 3.8) is 0 Å². The molecule has 0 aliphatic heterocycles. The summed E-state index contributed by atoms with van der Waals surface area (Å²) in [5.74, 6) is -0.612. The number of Topliss-reactive ketones (excluding diaryl/α,β-unsaturated/α-hetero) is 1. The van der Waals surface area contributed by atoms with E-state index in [1.54, 1.807) is 30.6 Å². The van der Waals surface area contributed by atoms with Crippen molar-refractivity contribution in [1.29, 1.82) is 0 Å². The summed E-state index contributed by atoms with van der Waals surface area (Å²) >= 11 is 0. The second-order valence-electron chi connectivity index (χ2n) is 3.77. The van der Waals surface area contributed by atoms with E-state index < -0.39 is 5.82 Å². The Morgan fingerprint density at radius 3 is 2.67 bits per heavy atom. The van der Waals surface area contributed by atoms with Gasteiger partial charge >= 0.3 is 0 Å². The number of benzene rings is 1. The zero-order valence-electron chi connectivity index (χ0n) is 9.89. The molecule has 0 N–H and O–H groups in total. The monoisotopic (exact) mass is 245 g/mol. The van der Waals surface area contributed by atoms with Gasteiger partial charge in [0.15, 0.2) is 5.78 Å². The molecule has 0 bridgehead atoms. The van der Waals surface area contributed by atoms with E-state index in [1.165, 1.54) is 19.2 Å². The van der Waals surface area contributed by atoms with E-state index in [2.05, 4.69) is 4.98 Å². The number of carbonyl (C=O) groups is 1. The molecular formula is C14H12FNO2. The van der Waals surface area contributed by atoms with Gasteiger partial charge in [-0.25, -0.2) is 4.39 Å². The average Bonchev–Trinajstić information content (AvgIpc) is 2.39. The van der Waals surface area contributed by atoms with Gasteiger partial charge in [0.25, 0.3) is 0 Å². The van der Waals surface area contributed by atoms with Crippen LogP contribution in [-0.2, 0) is 6.42 Å². The minimum Gasteiger partial charge on any atom is -0.496 e. The highest BCUT2D eigenvalue weighted by atomic mass is 19.1. The van der Waals surface area contributed by atoms with Crippen molar-refractivity contribution in [2.24, 2.45) is 0 Å². The van der Waals surface area contributed by atoms with E-state index >= 15 is 0 Å². The molecule has 2 rings (SSSR count). The van der Waals surface area contributed by atoms with Gasteiger partial charge in [0.05, 0.1) is 12.7 Å². The SMILES string of the molecule is COc1cccc(F)c1C(=O)Cc1ccncc1. The fourth-order valence-electron chi connectivity index (χ4n) is 1.72. The zero-order valence-corrected chi connectivity index (χ0v) is 9.89. The largest absolute Gasteiger partial charge is 0.496 e. The molecule has 18 heavy (non-hydrogen) atoms. The molecule has 1 aromatic carbocycles. The number of aromatic nitrogens is 1. The number of halogens is 1. The van der Waals surface area contributed by atoms with E-state index in [9.17, 15) is 9.18 Å². The number of hydrogen-bond acceptors (Lipinski definition) is 3. The maximum absolute atomic E-state index is 13.7. The van der Waals surface area contributed by atoms with Crippen LogP contribution in [0.2, 0.25) is 0 Å². The van der Waals surface area contributed by atoms with Crippen LogP contribution in [0.15, 0.2) is 42.7 Å². The van der Waals surface area contributed by atoms with Gasteiger partial charge in [0.1, 0.15) is 11.6 Å². The van der Waals surface area contributed by atoms with E-state index in [-0.39, 0.29) is 23.5 Å². The van der Waals surface area contributed by atoms with Gasteiger partial charge in [-0.1, -0.05) is 6.07 Å². The first-order chi connectivity index (χ1) is 8.72. The first kappa shape index (κ1) is 12.2. The molecule has 1 heterocycles. The molecule has 3 nitrogen and oxygen atoms in total. The lowest BCUT2D eigenvalue weighted by atomic mass is 10.0. The second kappa shape index (κ2) is 5.40. The van der Waals surface area contributed by atoms with E-state index in [4.69, 9.17) is 4.74 Å². The van der Waals surface area contributed by atoms with Crippen molar-refractivity contribution in [3.8, 4) is 5.75 Å². The normalized spacial score (nSPS) is 10.1. The minimum absolute atomic E-state index is 0.00295. The van der Waals surface area contributed by atoms with Crippen molar-refractivity contribution in [3.05, 3.63) is 59.7 Å². The third-order valence-electron chi connectivity index (χ3n) is 2.59. The second-order valence-corrected chi connectivity index (χ2v) is 3.77. The van der Waals surface area contributed by atoms with Gasteiger partial charge in [-0.3, -0.25) is 9.78 Å². The van der Waals surface area contributed by atoms with Gasteiger partial charge in [0, 0.05) is 18.8 Å². The summed E-state index contributed by atoms with van der Waals surface area (Å²) in [5, 5.41) is 0. The van der Waals surface area contributed by atoms with Crippen LogP contribution >= 0.6 is 0 Å². The molecule has 0 saturated carbocycles.